The highest BCUT2D eigenvalue weighted by Crippen LogP contribution is 2.32. The molecule has 2 N–H and O–H groups in total. The summed E-state index contributed by atoms with van der Waals surface area (Å²) in [5.74, 6) is 0. The first kappa shape index (κ1) is 14.6. The molecule has 7 heteroatoms. The molecule has 92 valence electrons. The van der Waals surface area contributed by atoms with E-state index >= 15 is 0 Å². The van der Waals surface area contributed by atoms with Crippen molar-refractivity contribution in [2.24, 2.45) is 5.73 Å². The van der Waals surface area contributed by atoms with Gasteiger partial charge in [-0.2, -0.15) is 26.3 Å². The van der Waals surface area contributed by atoms with Crippen LogP contribution in [0.3, 0.4) is 0 Å². The molecule has 0 aliphatic rings. The fraction of sp³-hybridized carbons (Fsp3) is 0.333. The molecule has 0 atom stereocenters. The van der Waals surface area contributed by atoms with Gasteiger partial charge in [-0.05, 0) is 19.1 Å². The molecule has 0 heterocycles. The van der Waals surface area contributed by atoms with E-state index < -0.39 is 29.2 Å². The van der Waals surface area contributed by atoms with E-state index in [2.05, 4.69) is 6.58 Å². The quantitative estimate of drug-likeness (QED) is 0.585. The summed E-state index contributed by atoms with van der Waals surface area (Å²) in [5.41, 5.74) is 1.57. The fourth-order valence-corrected chi connectivity index (χ4v) is 0.720. The highest BCUT2D eigenvalue weighted by molar-refractivity contribution is 5.34. The Hall–Kier alpha value is -1.40. The Morgan fingerprint density at radius 3 is 1.69 bits per heavy atom. The second-order valence-electron chi connectivity index (χ2n) is 3.00. The summed E-state index contributed by atoms with van der Waals surface area (Å²) >= 11 is 0. The first-order valence-electron chi connectivity index (χ1n) is 3.93. The zero-order valence-electron chi connectivity index (χ0n) is 8.21. The second-order valence-corrected chi connectivity index (χ2v) is 3.00. The summed E-state index contributed by atoms with van der Waals surface area (Å²) in [6.07, 6.45) is -9.39. The maximum Gasteiger partial charge on any atom is 0.416 e. The average molecular weight is 245 g/mol. The van der Waals surface area contributed by atoms with E-state index in [1.807, 2.05) is 0 Å². The first-order chi connectivity index (χ1) is 6.94. The molecule has 0 fully saturated rings. The first-order valence-corrected chi connectivity index (χ1v) is 3.93. The van der Waals surface area contributed by atoms with Crippen LogP contribution in [0.1, 0.15) is 6.92 Å². The van der Waals surface area contributed by atoms with E-state index in [1.54, 1.807) is 0 Å². The highest BCUT2D eigenvalue weighted by atomic mass is 19.4. The summed E-state index contributed by atoms with van der Waals surface area (Å²) in [6.45, 7) is 3.51. The predicted molar refractivity (Wildman–Crippen MR) is 47.3 cm³/mol. The van der Waals surface area contributed by atoms with Crippen molar-refractivity contribution in [3.05, 3.63) is 35.6 Å². The van der Waals surface area contributed by atoms with Crippen LogP contribution in [0.5, 0.6) is 0 Å². The standard InChI is InChI=1S/C9H9F6N/c1-5(8(10,11)12)3-7(4-6(2)16)9(13,14)15/h3-4H,2,16H2,1H3/b5-3+,7-4+. The normalized spacial score (nSPS) is 15.2. The molecule has 0 radical (unpaired) electrons. The molecule has 0 aromatic heterocycles. The van der Waals surface area contributed by atoms with Crippen LogP contribution in [0.2, 0.25) is 0 Å². The Morgan fingerprint density at radius 2 is 1.44 bits per heavy atom. The van der Waals surface area contributed by atoms with Crippen molar-refractivity contribution in [1.82, 2.24) is 0 Å². The number of nitrogens with two attached hydrogens (primary N) is 1. The van der Waals surface area contributed by atoms with Gasteiger partial charge in [-0.15, -0.1) is 0 Å². The molecule has 0 amide bonds. The van der Waals surface area contributed by atoms with Gasteiger partial charge in [-0.1, -0.05) is 6.58 Å². The van der Waals surface area contributed by atoms with Crippen LogP contribution in [0.25, 0.3) is 0 Å². The minimum absolute atomic E-state index is 0.0158. The molecule has 16 heavy (non-hydrogen) atoms. The van der Waals surface area contributed by atoms with E-state index in [-0.39, 0.29) is 6.08 Å². The van der Waals surface area contributed by atoms with Gasteiger partial charge in [0, 0.05) is 11.3 Å². The lowest BCUT2D eigenvalue weighted by atomic mass is 10.1. The van der Waals surface area contributed by atoms with Crippen LogP contribution >= 0.6 is 0 Å². The Kier molecular flexibility index (Phi) is 4.22. The smallest absolute Gasteiger partial charge is 0.399 e. The van der Waals surface area contributed by atoms with Crippen molar-refractivity contribution >= 4 is 0 Å². The van der Waals surface area contributed by atoms with Gasteiger partial charge in [0.25, 0.3) is 0 Å². The monoisotopic (exact) mass is 245 g/mol. The van der Waals surface area contributed by atoms with E-state index in [4.69, 9.17) is 5.73 Å². The third kappa shape index (κ3) is 4.90. The number of hydrogen-bond donors (Lipinski definition) is 1. The number of rotatable bonds is 2. The SMILES string of the molecule is C=C(N)/C=C(\C=C(/C)C(F)(F)F)C(F)(F)F. The zero-order valence-corrected chi connectivity index (χ0v) is 8.21. The van der Waals surface area contributed by atoms with Gasteiger partial charge in [-0.25, -0.2) is 0 Å². The third-order valence-corrected chi connectivity index (χ3v) is 1.49. The van der Waals surface area contributed by atoms with Crippen molar-refractivity contribution in [3.8, 4) is 0 Å². The molecular weight excluding hydrogens is 236 g/mol. The van der Waals surface area contributed by atoms with Gasteiger partial charge in [-0.3, -0.25) is 0 Å². The van der Waals surface area contributed by atoms with E-state index in [0.717, 1.165) is 0 Å². The molecule has 1 nitrogen and oxygen atoms in total. The Morgan fingerprint density at radius 1 is 1.00 bits per heavy atom. The van der Waals surface area contributed by atoms with Gasteiger partial charge >= 0.3 is 12.4 Å². The lowest BCUT2D eigenvalue weighted by Gasteiger charge is -2.11. The van der Waals surface area contributed by atoms with E-state index in [0.29, 0.717) is 13.0 Å². The van der Waals surface area contributed by atoms with Gasteiger partial charge in [0.2, 0.25) is 0 Å². The Bertz CT molecular complexity index is 331. The molecule has 0 unspecified atom stereocenters. The molecule has 0 aromatic rings. The molecule has 0 bridgehead atoms. The van der Waals surface area contributed by atoms with Crippen LogP contribution in [0.15, 0.2) is 35.6 Å². The van der Waals surface area contributed by atoms with Crippen molar-refractivity contribution in [1.29, 1.82) is 0 Å². The zero-order chi connectivity index (χ0) is 13.1. The molecule has 0 aliphatic heterocycles. The molecule has 0 saturated heterocycles. The maximum absolute atomic E-state index is 12.3. The predicted octanol–water partition coefficient (Wildman–Crippen LogP) is 3.46. The lowest BCUT2D eigenvalue weighted by Crippen LogP contribution is -2.15. The molecule has 0 aliphatic carbocycles. The summed E-state index contributed by atoms with van der Waals surface area (Å²) in [7, 11) is 0. The van der Waals surface area contributed by atoms with Crippen LogP contribution in [-0.2, 0) is 0 Å². The van der Waals surface area contributed by atoms with Gasteiger partial charge in [0.1, 0.15) is 0 Å². The maximum atomic E-state index is 12.3. The molecule has 0 rings (SSSR count). The lowest BCUT2D eigenvalue weighted by molar-refractivity contribution is -0.0953. The number of halogens is 6. The third-order valence-electron chi connectivity index (χ3n) is 1.49. The van der Waals surface area contributed by atoms with E-state index in [1.165, 1.54) is 0 Å². The molecule has 0 saturated carbocycles. The van der Waals surface area contributed by atoms with Crippen molar-refractivity contribution < 1.29 is 26.3 Å². The van der Waals surface area contributed by atoms with Crippen molar-refractivity contribution in [3.63, 3.8) is 0 Å². The van der Waals surface area contributed by atoms with Gasteiger partial charge < -0.3 is 5.73 Å². The van der Waals surface area contributed by atoms with E-state index in [9.17, 15) is 26.3 Å². The largest absolute Gasteiger partial charge is 0.416 e. The van der Waals surface area contributed by atoms with Crippen LogP contribution < -0.4 is 5.73 Å². The molecule has 0 spiro atoms. The topological polar surface area (TPSA) is 26.0 Å². The van der Waals surface area contributed by atoms with Crippen molar-refractivity contribution in [2.75, 3.05) is 0 Å². The number of alkyl halides is 6. The van der Waals surface area contributed by atoms with Crippen LogP contribution in [-0.4, -0.2) is 12.4 Å². The summed E-state index contributed by atoms with van der Waals surface area (Å²) in [6, 6.07) is 0. The van der Waals surface area contributed by atoms with Crippen LogP contribution in [0, 0.1) is 0 Å². The minimum atomic E-state index is -4.91. The molecular formula is C9H9F6N. The number of allylic oxidation sites excluding steroid dienone is 4. The molecule has 0 aromatic carbocycles. The summed E-state index contributed by atoms with van der Waals surface area (Å²) < 4.78 is 72.8. The highest BCUT2D eigenvalue weighted by Gasteiger charge is 2.36. The average Bonchev–Trinajstić information content (AvgIpc) is 1.98. The minimum Gasteiger partial charge on any atom is -0.399 e. The van der Waals surface area contributed by atoms with Crippen molar-refractivity contribution in [2.45, 2.75) is 19.3 Å². The second kappa shape index (κ2) is 4.63. The summed E-state index contributed by atoms with van der Waals surface area (Å²) in [4.78, 5) is 0. The van der Waals surface area contributed by atoms with Gasteiger partial charge in [0.15, 0.2) is 0 Å². The van der Waals surface area contributed by atoms with Gasteiger partial charge in [0.05, 0.1) is 5.57 Å². The van der Waals surface area contributed by atoms with Crippen LogP contribution in [0.4, 0.5) is 26.3 Å². The number of hydrogen-bond acceptors (Lipinski definition) is 1. The Balaban J connectivity index is 5.36. The Labute approximate surface area is 87.9 Å². The fourth-order valence-electron chi connectivity index (χ4n) is 0.720. The summed E-state index contributed by atoms with van der Waals surface area (Å²) in [5, 5.41) is 0.